The Labute approximate surface area is 92.4 Å². The van der Waals surface area contributed by atoms with Crippen LogP contribution in [0.25, 0.3) is 0 Å². The Kier molecular flexibility index (Phi) is 2.82. The van der Waals surface area contributed by atoms with E-state index < -0.39 is 0 Å². The number of thiophene rings is 1. The van der Waals surface area contributed by atoms with Gasteiger partial charge in [0.05, 0.1) is 0 Å². The molecule has 0 saturated carbocycles. The molecule has 4 nitrogen and oxygen atoms in total. The Balaban J connectivity index is 2.11. The zero-order valence-electron chi connectivity index (χ0n) is 8.42. The molecule has 0 spiro atoms. The van der Waals surface area contributed by atoms with E-state index >= 15 is 0 Å². The summed E-state index contributed by atoms with van der Waals surface area (Å²) < 4.78 is 0. The smallest absolute Gasteiger partial charge is 0.134 e. The summed E-state index contributed by atoms with van der Waals surface area (Å²) in [6, 6.07) is 3.87. The Bertz CT molecular complexity index is 427. The van der Waals surface area contributed by atoms with Gasteiger partial charge in [-0.05, 0) is 22.4 Å². The number of hydrogen-bond donors (Lipinski definition) is 1. The van der Waals surface area contributed by atoms with Crippen LogP contribution in [0.2, 0.25) is 0 Å². The largest absolute Gasteiger partial charge is 0.384 e. The fourth-order valence-corrected chi connectivity index (χ4v) is 1.97. The maximum atomic E-state index is 5.59. The molecule has 0 aromatic carbocycles. The van der Waals surface area contributed by atoms with Crippen LogP contribution in [-0.4, -0.2) is 17.0 Å². The predicted octanol–water partition coefficient (Wildman–Crippen LogP) is 1.76. The van der Waals surface area contributed by atoms with E-state index in [-0.39, 0.29) is 0 Å². The van der Waals surface area contributed by atoms with Crippen LogP contribution < -0.4 is 10.6 Å². The second kappa shape index (κ2) is 4.27. The zero-order chi connectivity index (χ0) is 10.7. The third-order valence-corrected chi connectivity index (χ3v) is 2.80. The molecule has 2 heterocycles. The van der Waals surface area contributed by atoms with Crippen LogP contribution in [0.5, 0.6) is 0 Å². The summed E-state index contributed by atoms with van der Waals surface area (Å²) in [7, 11) is 1.99. The summed E-state index contributed by atoms with van der Waals surface area (Å²) in [5.74, 6) is 1.34. The first-order valence-electron chi connectivity index (χ1n) is 4.55. The van der Waals surface area contributed by atoms with Gasteiger partial charge >= 0.3 is 0 Å². The van der Waals surface area contributed by atoms with Gasteiger partial charge in [-0.25, -0.2) is 9.97 Å². The van der Waals surface area contributed by atoms with Crippen LogP contribution in [0, 0.1) is 0 Å². The van der Waals surface area contributed by atoms with Gasteiger partial charge in [-0.1, -0.05) is 0 Å². The normalized spacial score (nSPS) is 10.2. The van der Waals surface area contributed by atoms with Gasteiger partial charge in [0.2, 0.25) is 0 Å². The molecule has 0 fully saturated rings. The minimum atomic E-state index is 0.497. The highest BCUT2D eigenvalue weighted by Gasteiger charge is 2.04. The van der Waals surface area contributed by atoms with Crippen molar-refractivity contribution in [1.82, 2.24) is 9.97 Å². The molecule has 2 N–H and O–H groups in total. The van der Waals surface area contributed by atoms with Crippen molar-refractivity contribution in [3.05, 3.63) is 34.8 Å². The quantitative estimate of drug-likeness (QED) is 0.856. The van der Waals surface area contributed by atoms with Gasteiger partial charge in [-0.3, -0.25) is 0 Å². The van der Waals surface area contributed by atoms with E-state index in [1.54, 1.807) is 17.4 Å². The zero-order valence-corrected chi connectivity index (χ0v) is 9.24. The molecule has 2 aromatic rings. The molecule has 0 aliphatic carbocycles. The Morgan fingerprint density at radius 3 is 3.00 bits per heavy atom. The van der Waals surface area contributed by atoms with Gasteiger partial charge < -0.3 is 10.6 Å². The molecule has 0 aliphatic rings. The lowest BCUT2D eigenvalue weighted by atomic mass is 10.3. The van der Waals surface area contributed by atoms with E-state index in [4.69, 9.17) is 5.73 Å². The van der Waals surface area contributed by atoms with E-state index in [0.717, 1.165) is 12.4 Å². The minimum absolute atomic E-state index is 0.497. The summed E-state index contributed by atoms with van der Waals surface area (Å²) in [5.41, 5.74) is 6.87. The standard InChI is InChI=1S/C10H12N4S/c1-14(5-8-2-3-15-6-8)10-4-9(11)12-7-13-10/h2-4,6-7H,5H2,1H3,(H2,11,12,13). The van der Waals surface area contributed by atoms with Crippen LogP contribution in [0.15, 0.2) is 29.2 Å². The number of nitrogens with zero attached hydrogens (tertiary/aromatic N) is 3. The van der Waals surface area contributed by atoms with Gasteiger partial charge in [0, 0.05) is 19.7 Å². The van der Waals surface area contributed by atoms with E-state index in [9.17, 15) is 0 Å². The Morgan fingerprint density at radius 1 is 1.47 bits per heavy atom. The maximum absolute atomic E-state index is 5.59. The lowest BCUT2D eigenvalue weighted by Crippen LogP contribution is -2.17. The minimum Gasteiger partial charge on any atom is -0.384 e. The monoisotopic (exact) mass is 220 g/mol. The molecule has 0 atom stereocenters. The third-order valence-electron chi connectivity index (χ3n) is 2.06. The van der Waals surface area contributed by atoms with Crippen molar-refractivity contribution >= 4 is 23.0 Å². The fraction of sp³-hybridized carbons (Fsp3) is 0.200. The average Bonchev–Trinajstić information content (AvgIpc) is 2.70. The number of anilines is 2. The molecule has 2 rings (SSSR count). The molecule has 0 saturated heterocycles. The molecular formula is C10H12N4S. The summed E-state index contributed by atoms with van der Waals surface area (Å²) in [5, 5.41) is 4.19. The van der Waals surface area contributed by atoms with Crippen LogP contribution in [0.4, 0.5) is 11.6 Å². The summed E-state index contributed by atoms with van der Waals surface area (Å²) in [6.45, 7) is 0.833. The van der Waals surface area contributed by atoms with Gasteiger partial charge in [0.25, 0.3) is 0 Å². The third kappa shape index (κ3) is 2.44. The van der Waals surface area contributed by atoms with E-state index in [1.807, 2.05) is 11.9 Å². The van der Waals surface area contributed by atoms with E-state index in [2.05, 4.69) is 26.8 Å². The van der Waals surface area contributed by atoms with Gasteiger partial charge in [0.1, 0.15) is 18.0 Å². The van der Waals surface area contributed by atoms with Crippen molar-refractivity contribution in [3.63, 3.8) is 0 Å². The highest BCUT2D eigenvalue weighted by Crippen LogP contribution is 2.15. The van der Waals surface area contributed by atoms with E-state index in [0.29, 0.717) is 5.82 Å². The molecule has 78 valence electrons. The molecule has 0 amide bonds. The summed E-state index contributed by atoms with van der Waals surface area (Å²) in [4.78, 5) is 10.1. The van der Waals surface area contributed by atoms with Gasteiger partial charge in [-0.15, -0.1) is 0 Å². The second-order valence-corrected chi connectivity index (χ2v) is 4.07. The van der Waals surface area contributed by atoms with Gasteiger partial charge in [0.15, 0.2) is 0 Å². The number of hydrogen-bond acceptors (Lipinski definition) is 5. The molecule has 0 aliphatic heterocycles. The Hall–Kier alpha value is -1.62. The highest BCUT2D eigenvalue weighted by molar-refractivity contribution is 7.07. The summed E-state index contributed by atoms with van der Waals surface area (Å²) >= 11 is 1.70. The molecule has 15 heavy (non-hydrogen) atoms. The van der Waals surface area contributed by atoms with Gasteiger partial charge in [-0.2, -0.15) is 11.3 Å². The highest BCUT2D eigenvalue weighted by atomic mass is 32.1. The van der Waals surface area contributed by atoms with Crippen molar-refractivity contribution in [3.8, 4) is 0 Å². The van der Waals surface area contributed by atoms with Crippen molar-refractivity contribution in [2.45, 2.75) is 6.54 Å². The molecular weight excluding hydrogens is 208 g/mol. The van der Waals surface area contributed by atoms with Crippen molar-refractivity contribution in [2.75, 3.05) is 17.7 Å². The predicted molar refractivity (Wildman–Crippen MR) is 62.9 cm³/mol. The van der Waals surface area contributed by atoms with Crippen LogP contribution in [0.1, 0.15) is 5.56 Å². The number of nitrogens with two attached hydrogens (primary N) is 1. The maximum Gasteiger partial charge on any atom is 0.134 e. The molecule has 0 unspecified atom stereocenters. The number of nitrogen functional groups attached to an aromatic ring is 1. The SMILES string of the molecule is CN(Cc1ccsc1)c1cc(N)ncn1. The lowest BCUT2D eigenvalue weighted by Gasteiger charge is -2.17. The average molecular weight is 220 g/mol. The molecule has 0 bridgehead atoms. The van der Waals surface area contributed by atoms with Crippen molar-refractivity contribution in [1.29, 1.82) is 0 Å². The topological polar surface area (TPSA) is 55.0 Å². The van der Waals surface area contributed by atoms with Crippen LogP contribution in [0.3, 0.4) is 0 Å². The fourth-order valence-electron chi connectivity index (χ4n) is 1.31. The molecule has 2 aromatic heterocycles. The first-order valence-corrected chi connectivity index (χ1v) is 5.50. The van der Waals surface area contributed by atoms with E-state index in [1.165, 1.54) is 11.9 Å². The van der Waals surface area contributed by atoms with Crippen molar-refractivity contribution in [2.24, 2.45) is 0 Å². The molecule has 0 radical (unpaired) electrons. The number of aromatic nitrogens is 2. The first-order chi connectivity index (χ1) is 7.25. The Morgan fingerprint density at radius 2 is 2.33 bits per heavy atom. The van der Waals surface area contributed by atoms with Crippen LogP contribution >= 0.6 is 11.3 Å². The first kappa shape index (κ1) is 9.92. The van der Waals surface area contributed by atoms with Crippen LogP contribution in [-0.2, 0) is 6.54 Å². The van der Waals surface area contributed by atoms with Crippen molar-refractivity contribution < 1.29 is 0 Å². The number of rotatable bonds is 3. The lowest BCUT2D eigenvalue weighted by molar-refractivity contribution is 0.895. The molecule has 5 heteroatoms. The summed E-state index contributed by atoms with van der Waals surface area (Å²) in [6.07, 6.45) is 1.48. The second-order valence-electron chi connectivity index (χ2n) is 3.29.